The molecule has 0 bridgehead atoms. The molecule has 3 N–H and O–H groups in total. The minimum Gasteiger partial charge on any atom is -0.386 e. The lowest BCUT2D eigenvalue weighted by Crippen LogP contribution is -2.65. The molecule has 0 aliphatic carbocycles. The van der Waals surface area contributed by atoms with E-state index in [1.807, 2.05) is 6.92 Å². The molecule has 1 unspecified atom stereocenters. The van der Waals surface area contributed by atoms with Crippen LogP contribution in [0.5, 0.6) is 0 Å². The second-order valence-electron chi connectivity index (χ2n) is 4.92. The van der Waals surface area contributed by atoms with E-state index < -0.39 is 5.60 Å². The quantitative estimate of drug-likeness (QED) is 0.709. The van der Waals surface area contributed by atoms with Crippen LogP contribution in [0.3, 0.4) is 0 Å². The Hall–Kier alpha value is -0.610. The molecule has 1 saturated heterocycles. The first kappa shape index (κ1) is 13.5. The molecule has 94 valence electrons. The van der Waals surface area contributed by atoms with Gasteiger partial charge in [0.2, 0.25) is 5.91 Å². The number of hydrogen-bond donors (Lipinski definition) is 2. The van der Waals surface area contributed by atoms with E-state index in [9.17, 15) is 9.90 Å². The van der Waals surface area contributed by atoms with Gasteiger partial charge in [-0.1, -0.05) is 33.1 Å². The first-order valence-electron chi connectivity index (χ1n) is 6.29. The molecule has 1 atom stereocenters. The number of carbonyl (C=O) groups is 1. The number of aliphatic hydroxyl groups is 1. The maximum absolute atomic E-state index is 11.8. The predicted octanol–water partition coefficient (Wildman–Crippen LogP) is 0.877. The largest absolute Gasteiger partial charge is 0.386 e. The summed E-state index contributed by atoms with van der Waals surface area (Å²) in [6.45, 7) is 5.04. The average molecular weight is 228 g/mol. The van der Waals surface area contributed by atoms with Crippen LogP contribution in [-0.2, 0) is 4.79 Å². The summed E-state index contributed by atoms with van der Waals surface area (Å²) in [5.74, 6) is -0.00534. The van der Waals surface area contributed by atoms with E-state index in [0.29, 0.717) is 13.1 Å². The van der Waals surface area contributed by atoms with Crippen LogP contribution in [0, 0.1) is 0 Å². The van der Waals surface area contributed by atoms with Gasteiger partial charge < -0.3 is 15.7 Å². The summed E-state index contributed by atoms with van der Waals surface area (Å²) < 4.78 is 0. The molecule has 1 aliphatic rings. The van der Waals surface area contributed by atoms with Gasteiger partial charge in [0.05, 0.1) is 24.7 Å². The number of unbranched alkanes of at least 4 members (excludes halogenated alkanes) is 1. The molecule has 0 saturated carbocycles. The summed E-state index contributed by atoms with van der Waals surface area (Å²) in [4.78, 5) is 13.5. The molecule has 0 radical (unpaired) electrons. The summed E-state index contributed by atoms with van der Waals surface area (Å²) in [7, 11) is 0. The predicted molar refractivity (Wildman–Crippen MR) is 63.9 cm³/mol. The molecule has 16 heavy (non-hydrogen) atoms. The smallest absolute Gasteiger partial charge is 0.239 e. The van der Waals surface area contributed by atoms with Crippen molar-refractivity contribution in [1.29, 1.82) is 0 Å². The summed E-state index contributed by atoms with van der Waals surface area (Å²) >= 11 is 0. The number of likely N-dealkylation sites (tertiary alicyclic amines) is 1. The molecule has 1 heterocycles. The van der Waals surface area contributed by atoms with E-state index in [1.54, 1.807) is 4.90 Å². The fourth-order valence-electron chi connectivity index (χ4n) is 2.23. The number of rotatable bonds is 6. The van der Waals surface area contributed by atoms with Gasteiger partial charge in [0.1, 0.15) is 0 Å². The Morgan fingerprint density at radius 3 is 2.56 bits per heavy atom. The fraction of sp³-hybridized carbons (Fsp3) is 0.917. The van der Waals surface area contributed by atoms with Crippen LogP contribution >= 0.6 is 0 Å². The molecular weight excluding hydrogens is 204 g/mol. The summed E-state index contributed by atoms with van der Waals surface area (Å²) in [6, 6.07) is -0.383. The maximum Gasteiger partial charge on any atom is 0.239 e. The highest BCUT2D eigenvalue weighted by molar-refractivity contribution is 5.82. The van der Waals surface area contributed by atoms with Crippen molar-refractivity contribution in [2.45, 2.75) is 57.6 Å². The van der Waals surface area contributed by atoms with Gasteiger partial charge >= 0.3 is 0 Å². The summed E-state index contributed by atoms with van der Waals surface area (Å²) in [6.07, 6.45) is 4.50. The van der Waals surface area contributed by atoms with E-state index in [4.69, 9.17) is 5.73 Å². The molecule has 1 rings (SSSR count). The highest BCUT2D eigenvalue weighted by Gasteiger charge is 2.43. The van der Waals surface area contributed by atoms with Gasteiger partial charge in [0.25, 0.3) is 0 Å². The van der Waals surface area contributed by atoms with Crippen molar-refractivity contribution in [3.63, 3.8) is 0 Å². The van der Waals surface area contributed by atoms with Crippen molar-refractivity contribution in [3.8, 4) is 0 Å². The third-order valence-electron chi connectivity index (χ3n) is 3.18. The van der Waals surface area contributed by atoms with Gasteiger partial charge in [-0.3, -0.25) is 4.79 Å². The number of carbonyl (C=O) groups excluding carboxylic acids is 1. The van der Waals surface area contributed by atoms with E-state index >= 15 is 0 Å². The normalized spacial score (nSPS) is 20.4. The zero-order valence-corrected chi connectivity index (χ0v) is 10.4. The lowest BCUT2D eigenvalue weighted by Gasteiger charge is -2.47. The molecule has 1 aliphatic heterocycles. The Balaban J connectivity index is 2.30. The van der Waals surface area contributed by atoms with Crippen LogP contribution in [0.4, 0.5) is 0 Å². The van der Waals surface area contributed by atoms with Crippen LogP contribution in [0.2, 0.25) is 0 Å². The Bertz CT molecular complexity index is 237. The average Bonchev–Trinajstić information content (AvgIpc) is 2.21. The first-order chi connectivity index (χ1) is 7.52. The molecule has 0 spiro atoms. The second-order valence-corrected chi connectivity index (χ2v) is 4.92. The first-order valence-corrected chi connectivity index (χ1v) is 6.29. The molecule has 0 aromatic heterocycles. The van der Waals surface area contributed by atoms with Crippen LogP contribution in [-0.4, -0.2) is 40.6 Å². The number of hydrogen-bond acceptors (Lipinski definition) is 3. The third-order valence-corrected chi connectivity index (χ3v) is 3.18. The molecule has 0 aromatic rings. The van der Waals surface area contributed by atoms with Crippen molar-refractivity contribution in [1.82, 2.24) is 4.90 Å². The monoisotopic (exact) mass is 228 g/mol. The zero-order chi connectivity index (χ0) is 12.2. The highest BCUT2D eigenvalue weighted by atomic mass is 16.3. The van der Waals surface area contributed by atoms with E-state index in [2.05, 4.69) is 6.92 Å². The number of nitrogens with zero attached hydrogens (tertiary/aromatic N) is 1. The SMILES string of the molecule is CCCCC(N)C(=O)N1CC(O)(CCC)C1. The van der Waals surface area contributed by atoms with Gasteiger partial charge in [-0.15, -0.1) is 0 Å². The van der Waals surface area contributed by atoms with Crippen LogP contribution < -0.4 is 5.73 Å². The standard InChI is InChI=1S/C12H24N2O2/c1-3-5-6-10(13)11(15)14-8-12(16,9-14)7-4-2/h10,16H,3-9,13H2,1-2H3. The van der Waals surface area contributed by atoms with Gasteiger partial charge in [0.15, 0.2) is 0 Å². The molecule has 1 amide bonds. The van der Waals surface area contributed by atoms with Crippen molar-refractivity contribution >= 4 is 5.91 Å². The van der Waals surface area contributed by atoms with Gasteiger partial charge in [-0.25, -0.2) is 0 Å². The van der Waals surface area contributed by atoms with Crippen LogP contribution in [0.1, 0.15) is 46.0 Å². The third kappa shape index (κ3) is 3.19. The molecule has 1 fully saturated rings. The number of nitrogens with two attached hydrogens (primary N) is 1. The van der Waals surface area contributed by atoms with Crippen molar-refractivity contribution in [2.24, 2.45) is 5.73 Å². The van der Waals surface area contributed by atoms with E-state index in [0.717, 1.165) is 32.1 Å². The molecule has 4 heteroatoms. The molecule has 0 aromatic carbocycles. The van der Waals surface area contributed by atoms with Crippen molar-refractivity contribution in [3.05, 3.63) is 0 Å². The Morgan fingerprint density at radius 2 is 2.06 bits per heavy atom. The fourth-order valence-corrected chi connectivity index (χ4v) is 2.23. The lowest BCUT2D eigenvalue weighted by atomic mass is 9.88. The van der Waals surface area contributed by atoms with Gasteiger partial charge in [-0.2, -0.15) is 0 Å². The van der Waals surface area contributed by atoms with E-state index in [-0.39, 0.29) is 11.9 Å². The highest BCUT2D eigenvalue weighted by Crippen LogP contribution is 2.26. The van der Waals surface area contributed by atoms with Gasteiger partial charge in [0, 0.05) is 0 Å². The lowest BCUT2D eigenvalue weighted by molar-refractivity contribution is -0.158. The molecular formula is C12H24N2O2. The van der Waals surface area contributed by atoms with Gasteiger partial charge in [-0.05, 0) is 12.8 Å². The second kappa shape index (κ2) is 5.64. The Labute approximate surface area is 97.8 Å². The topological polar surface area (TPSA) is 66.6 Å². The Morgan fingerprint density at radius 1 is 1.44 bits per heavy atom. The van der Waals surface area contributed by atoms with Crippen molar-refractivity contribution in [2.75, 3.05) is 13.1 Å². The summed E-state index contributed by atoms with van der Waals surface area (Å²) in [5.41, 5.74) is 5.16. The minimum atomic E-state index is -0.644. The number of β-amino-alcohol motifs (C(OH)–C–C–N with tert-alkyl or cyclic N) is 1. The number of amides is 1. The van der Waals surface area contributed by atoms with E-state index in [1.165, 1.54) is 0 Å². The zero-order valence-electron chi connectivity index (χ0n) is 10.4. The Kier molecular flexibility index (Phi) is 4.74. The summed E-state index contributed by atoms with van der Waals surface area (Å²) in [5, 5.41) is 9.95. The minimum absolute atomic E-state index is 0.00534. The molecule has 4 nitrogen and oxygen atoms in total. The maximum atomic E-state index is 11.8. The van der Waals surface area contributed by atoms with Crippen molar-refractivity contribution < 1.29 is 9.90 Å². The van der Waals surface area contributed by atoms with Crippen LogP contribution in [0.25, 0.3) is 0 Å². The van der Waals surface area contributed by atoms with Crippen LogP contribution in [0.15, 0.2) is 0 Å².